The zero-order chi connectivity index (χ0) is 20.7. The van der Waals surface area contributed by atoms with Crippen LogP contribution >= 0.6 is 7.60 Å². The highest BCUT2D eigenvalue weighted by Gasteiger charge is 2.22. The molecule has 0 unspecified atom stereocenters. The molecule has 0 aliphatic carbocycles. The van der Waals surface area contributed by atoms with Crippen molar-refractivity contribution in [2.75, 3.05) is 52.4 Å². The van der Waals surface area contributed by atoms with Crippen molar-refractivity contribution in [1.29, 1.82) is 0 Å². The van der Waals surface area contributed by atoms with Crippen molar-refractivity contribution >= 4 is 25.0 Å². The van der Waals surface area contributed by atoms with E-state index in [1.807, 2.05) is 4.90 Å². The van der Waals surface area contributed by atoms with E-state index in [0.29, 0.717) is 51.5 Å². The van der Waals surface area contributed by atoms with Gasteiger partial charge in [0.05, 0.1) is 18.8 Å². The maximum absolute atomic E-state index is 11.4. The number of aromatic nitrogens is 1. The van der Waals surface area contributed by atoms with Crippen molar-refractivity contribution < 1.29 is 34.2 Å². The molecule has 12 heteroatoms. The molecule has 2 heterocycles. The van der Waals surface area contributed by atoms with E-state index in [1.165, 1.54) is 12.1 Å². The second-order valence-corrected chi connectivity index (χ2v) is 8.19. The van der Waals surface area contributed by atoms with Gasteiger partial charge in [0.1, 0.15) is 0 Å². The molecular weight excluding hydrogens is 391 g/mol. The highest BCUT2D eigenvalue weighted by atomic mass is 31.2. The molecule has 1 saturated heterocycles. The lowest BCUT2D eigenvalue weighted by atomic mass is 10.3. The molecule has 0 saturated carbocycles. The lowest BCUT2D eigenvalue weighted by molar-refractivity contribution is -0.140. The van der Waals surface area contributed by atoms with Gasteiger partial charge in [-0.15, -0.1) is 0 Å². The Morgan fingerprint density at radius 1 is 0.893 bits per heavy atom. The highest BCUT2D eigenvalue weighted by Crippen LogP contribution is 2.31. The van der Waals surface area contributed by atoms with E-state index >= 15 is 0 Å². The minimum absolute atomic E-state index is 0.138. The number of aliphatic carboxylic acids is 2. The molecule has 1 aliphatic rings. The summed E-state index contributed by atoms with van der Waals surface area (Å²) in [6.07, 6.45) is 0. The first-order chi connectivity index (χ1) is 13.1. The van der Waals surface area contributed by atoms with Crippen LogP contribution in [0.4, 0.5) is 0 Å². The Bertz CT molecular complexity index is 713. The molecule has 0 spiro atoms. The van der Waals surface area contributed by atoms with Gasteiger partial charge in [-0.05, 0) is 12.1 Å². The number of nitrogens with zero attached hydrogens (tertiary/aromatic N) is 4. The fourth-order valence-corrected chi connectivity index (χ4v) is 3.53. The Labute approximate surface area is 162 Å². The number of hydrogen-bond acceptors (Lipinski definition) is 7. The van der Waals surface area contributed by atoms with Gasteiger partial charge >= 0.3 is 19.5 Å². The summed E-state index contributed by atoms with van der Waals surface area (Å²) in [4.78, 5) is 50.2. The lowest BCUT2D eigenvalue weighted by Crippen LogP contribution is -2.40. The Morgan fingerprint density at radius 2 is 1.36 bits per heavy atom. The fourth-order valence-electron chi connectivity index (χ4n) is 2.99. The molecule has 0 aromatic carbocycles. The third kappa shape index (κ3) is 7.63. The van der Waals surface area contributed by atoms with Crippen molar-refractivity contribution in [3.05, 3.63) is 23.9 Å². The maximum atomic E-state index is 11.4. The fraction of sp³-hybridized carbons (Fsp3) is 0.562. The van der Waals surface area contributed by atoms with E-state index < -0.39 is 19.5 Å². The molecule has 4 N–H and O–H groups in total. The van der Waals surface area contributed by atoms with Gasteiger partial charge in [-0.3, -0.25) is 28.9 Å². The summed E-state index contributed by atoms with van der Waals surface area (Å²) in [7, 11) is -4.45. The highest BCUT2D eigenvalue weighted by molar-refractivity contribution is 7.60. The zero-order valence-corrected chi connectivity index (χ0v) is 16.2. The predicted octanol–water partition coefficient (Wildman–Crippen LogP) is -1.53. The largest absolute Gasteiger partial charge is 0.480 e. The van der Waals surface area contributed by atoms with E-state index in [2.05, 4.69) is 4.98 Å². The maximum Gasteiger partial charge on any atom is 0.374 e. The van der Waals surface area contributed by atoms with Gasteiger partial charge < -0.3 is 20.0 Å². The minimum Gasteiger partial charge on any atom is -0.480 e. The van der Waals surface area contributed by atoms with Gasteiger partial charge in [-0.25, -0.2) is 4.98 Å². The molecule has 0 radical (unpaired) electrons. The summed E-state index contributed by atoms with van der Waals surface area (Å²) >= 11 is 0. The molecule has 11 nitrogen and oxygen atoms in total. The normalized spacial score (nSPS) is 18.2. The first-order valence-electron chi connectivity index (χ1n) is 8.76. The molecule has 1 aromatic rings. The van der Waals surface area contributed by atoms with Crippen LogP contribution in [0.25, 0.3) is 0 Å². The quantitative estimate of drug-likeness (QED) is 0.383. The summed E-state index contributed by atoms with van der Waals surface area (Å²) in [5.74, 6) is -1.90. The second kappa shape index (κ2) is 10.1. The third-order valence-electron chi connectivity index (χ3n) is 4.39. The number of rotatable bonds is 7. The zero-order valence-electron chi connectivity index (χ0n) is 15.3. The summed E-state index contributed by atoms with van der Waals surface area (Å²) in [6.45, 7) is 2.93. The van der Waals surface area contributed by atoms with Crippen LogP contribution in [-0.2, 0) is 20.7 Å². The van der Waals surface area contributed by atoms with Gasteiger partial charge in [0.25, 0.3) is 0 Å². The molecule has 2 rings (SSSR count). The van der Waals surface area contributed by atoms with E-state index in [1.54, 1.807) is 15.9 Å². The molecule has 1 aromatic heterocycles. The summed E-state index contributed by atoms with van der Waals surface area (Å²) in [5, 5.41) is 18.1. The summed E-state index contributed by atoms with van der Waals surface area (Å²) in [6, 6.07) is 4.46. The first-order valence-corrected chi connectivity index (χ1v) is 10.4. The summed E-state index contributed by atoms with van der Waals surface area (Å²) < 4.78 is 11.4. The molecule has 1 aliphatic heterocycles. The third-order valence-corrected chi connectivity index (χ3v) is 5.24. The molecule has 0 amide bonds. The van der Waals surface area contributed by atoms with Crippen LogP contribution in [0.3, 0.4) is 0 Å². The summed E-state index contributed by atoms with van der Waals surface area (Å²) in [5.41, 5.74) is 0.184. The average molecular weight is 416 g/mol. The molecule has 0 bridgehead atoms. The van der Waals surface area contributed by atoms with Crippen LogP contribution in [0.1, 0.15) is 5.69 Å². The van der Waals surface area contributed by atoms with Crippen LogP contribution in [0.15, 0.2) is 18.2 Å². The molecule has 156 valence electrons. The van der Waals surface area contributed by atoms with Gasteiger partial charge in [0.15, 0.2) is 5.44 Å². The first kappa shape index (κ1) is 22.4. The van der Waals surface area contributed by atoms with Crippen molar-refractivity contribution in [3.63, 3.8) is 0 Å². The monoisotopic (exact) mass is 416 g/mol. The van der Waals surface area contributed by atoms with Crippen LogP contribution in [-0.4, -0.2) is 104 Å². The number of carbonyl (C=O) groups is 2. The van der Waals surface area contributed by atoms with Gasteiger partial charge in [0.2, 0.25) is 0 Å². The van der Waals surface area contributed by atoms with E-state index in [-0.39, 0.29) is 18.5 Å². The Kier molecular flexibility index (Phi) is 8.05. The Balaban J connectivity index is 2.12. The topological polar surface area (TPSA) is 155 Å². The molecule has 28 heavy (non-hydrogen) atoms. The smallest absolute Gasteiger partial charge is 0.374 e. The van der Waals surface area contributed by atoms with Crippen molar-refractivity contribution in [2.24, 2.45) is 0 Å². The average Bonchev–Trinajstić information content (AvgIpc) is 2.67. The van der Waals surface area contributed by atoms with Crippen LogP contribution in [0.5, 0.6) is 0 Å². The minimum atomic E-state index is -4.45. The molecule has 0 atom stereocenters. The van der Waals surface area contributed by atoms with Crippen LogP contribution in [0.2, 0.25) is 0 Å². The van der Waals surface area contributed by atoms with Crippen LogP contribution in [0, 0.1) is 0 Å². The van der Waals surface area contributed by atoms with Gasteiger partial charge in [-0.2, -0.15) is 0 Å². The Hall–Kier alpha value is -1.88. The second-order valence-electron chi connectivity index (χ2n) is 6.65. The lowest BCUT2D eigenvalue weighted by Gasteiger charge is -2.25. The number of carboxylic acid groups (broad SMARTS) is 2. The Morgan fingerprint density at radius 3 is 1.79 bits per heavy atom. The van der Waals surface area contributed by atoms with Gasteiger partial charge in [0, 0.05) is 45.8 Å². The van der Waals surface area contributed by atoms with E-state index in [0.717, 1.165) is 0 Å². The standard InChI is InChI=1S/C16H25N4O7P/c21-15(22)11-19-6-4-18(5-7-20(9-8-19)12-16(23)24)10-13-2-1-3-14(17-13)28(25,26)27/h1-3H,4-12H2,(H,21,22)(H,23,24)(H2,25,26,27). The van der Waals surface area contributed by atoms with Gasteiger partial charge in [-0.1, -0.05) is 6.07 Å². The van der Waals surface area contributed by atoms with E-state index in [4.69, 9.17) is 10.2 Å². The van der Waals surface area contributed by atoms with Crippen molar-refractivity contribution in [2.45, 2.75) is 6.54 Å². The number of hydrogen-bond donors (Lipinski definition) is 4. The molecule has 1 fully saturated rings. The number of carboxylic acids is 2. The van der Waals surface area contributed by atoms with E-state index in [9.17, 15) is 23.9 Å². The van der Waals surface area contributed by atoms with Crippen LogP contribution < -0.4 is 5.44 Å². The molecular formula is C16H25N4O7P. The number of pyridine rings is 1. The van der Waals surface area contributed by atoms with Crippen molar-refractivity contribution in [3.8, 4) is 0 Å². The predicted molar refractivity (Wildman–Crippen MR) is 99.3 cm³/mol. The van der Waals surface area contributed by atoms with Crippen molar-refractivity contribution in [1.82, 2.24) is 19.7 Å². The SMILES string of the molecule is O=C(O)CN1CCN(CC(=O)O)CCN(Cc2cccc(P(=O)(O)O)n2)CC1.